The summed E-state index contributed by atoms with van der Waals surface area (Å²) in [5, 5.41) is 17.2. The molecule has 0 fully saturated rings. The number of amides is 1. The number of nitrogens with zero attached hydrogens (tertiary/aromatic N) is 3. The maximum atomic E-state index is 11.5. The van der Waals surface area contributed by atoms with Gasteiger partial charge in [0, 0.05) is 23.6 Å². The van der Waals surface area contributed by atoms with E-state index in [1.165, 1.54) is 11.6 Å². The van der Waals surface area contributed by atoms with Crippen LogP contribution in [-0.4, -0.2) is 15.7 Å². The van der Waals surface area contributed by atoms with Crippen LogP contribution in [0.1, 0.15) is 12.5 Å². The first-order valence-electron chi connectivity index (χ1n) is 7.31. The molecule has 7 heteroatoms. The second kappa shape index (κ2) is 6.98. The summed E-state index contributed by atoms with van der Waals surface area (Å²) in [6, 6.07) is 15.9. The summed E-state index contributed by atoms with van der Waals surface area (Å²) < 4.78 is 1.54. The van der Waals surface area contributed by atoms with Crippen molar-refractivity contribution in [3.05, 3.63) is 64.1 Å². The standard InChI is InChI=1S/C18H12Cl2N4O/c1-11(25)22-18-9-16(13-3-5-14(19)6-4-13)23-24(18)17-7-2-12(10-21)8-15(17)20/h2-9H,1H3,(H,22,25). The van der Waals surface area contributed by atoms with E-state index in [0.29, 0.717) is 32.8 Å². The summed E-state index contributed by atoms with van der Waals surface area (Å²) in [7, 11) is 0. The van der Waals surface area contributed by atoms with E-state index in [1.807, 2.05) is 18.2 Å². The molecular formula is C18H12Cl2N4O. The summed E-state index contributed by atoms with van der Waals surface area (Å²) in [5.41, 5.74) is 2.50. The molecule has 0 unspecified atom stereocenters. The molecule has 5 nitrogen and oxygen atoms in total. The van der Waals surface area contributed by atoms with Gasteiger partial charge in [0.25, 0.3) is 0 Å². The van der Waals surface area contributed by atoms with Crippen LogP contribution in [0.5, 0.6) is 0 Å². The van der Waals surface area contributed by atoms with Crippen molar-refractivity contribution in [2.45, 2.75) is 6.92 Å². The number of anilines is 1. The summed E-state index contributed by atoms with van der Waals surface area (Å²) in [5.74, 6) is 0.248. The van der Waals surface area contributed by atoms with E-state index in [0.717, 1.165) is 5.56 Å². The highest BCUT2D eigenvalue weighted by atomic mass is 35.5. The van der Waals surface area contributed by atoms with Gasteiger partial charge in [0.15, 0.2) is 0 Å². The second-order valence-electron chi connectivity index (χ2n) is 5.29. The van der Waals surface area contributed by atoms with Crippen molar-refractivity contribution < 1.29 is 4.79 Å². The smallest absolute Gasteiger partial charge is 0.222 e. The van der Waals surface area contributed by atoms with Crippen molar-refractivity contribution in [3.8, 4) is 23.0 Å². The SMILES string of the molecule is CC(=O)Nc1cc(-c2ccc(Cl)cc2)nn1-c1ccc(C#N)cc1Cl. The van der Waals surface area contributed by atoms with Crippen molar-refractivity contribution in [2.24, 2.45) is 0 Å². The van der Waals surface area contributed by atoms with Crippen molar-refractivity contribution in [3.63, 3.8) is 0 Å². The number of carbonyl (C=O) groups is 1. The molecule has 0 bridgehead atoms. The van der Waals surface area contributed by atoms with E-state index >= 15 is 0 Å². The van der Waals surface area contributed by atoms with Gasteiger partial charge in [-0.15, -0.1) is 0 Å². The number of aromatic nitrogens is 2. The Balaban J connectivity index is 2.13. The fourth-order valence-corrected chi connectivity index (χ4v) is 2.73. The maximum Gasteiger partial charge on any atom is 0.222 e. The molecule has 3 rings (SSSR count). The van der Waals surface area contributed by atoms with E-state index in [9.17, 15) is 4.79 Å². The monoisotopic (exact) mass is 370 g/mol. The Hall–Kier alpha value is -2.81. The highest BCUT2D eigenvalue weighted by Crippen LogP contribution is 2.29. The molecule has 0 atom stereocenters. The lowest BCUT2D eigenvalue weighted by Crippen LogP contribution is -2.11. The molecule has 25 heavy (non-hydrogen) atoms. The minimum atomic E-state index is -0.228. The van der Waals surface area contributed by atoms with Gasteiger partial charge in [-0.05, 0) is 30.3 Å². The van der Waals surface area contributed by atoms with Gasteiger partial charge in [0.1, 0.15) is 5.82 Å². The zero-order valence-corrected chi connectivity index (χ0v) is 14.6. The number of rotatable bonds is 3. The lowest BCUT2D eigenvalue weighted by Gasteiger charge is -2.09. The number of nitrogens with one attached hydrogen (secondary N) is 1. The predicted molar refractivity (Wildman–Crippen MR) is 98.0 cm³/mol. The van der Waals surface area contributed by atoms with Crippen LogP contribution in [0.25, 0.3) is 16.9 Å². The first kappa shape index (κ1) is 17.0. The molecular weight excluding hydrogens is 359 g/mol. The van der Waals surface area contributed by atoms with Crippen LogP contribution in [0, 0.1) is 11.3 Å². The van der Waals surface area contributed by atoms with Crippen molar-refractivity contribution in [2.75, 3.05) is 5.32 Å². The van der Waals surface area contributed by atoms with Crippen LogP contribution >= 0.6 is 23.2 Å². The number of halogens is 2. The van der Waals surface area contributed by atoms with Crippen molar-refractivity contribution in [1.82, 2.24) is 9.78 Å². The summed E-state index contributed by atoms with van der Waals surface area (Å²) >= 11 is 12.2. The fraction of sp³-hybridized carbons (Fsp3) is 0.0556. The van der Waals surface area contributed by atoms with Crippen LogP contribution < -0.4 is 5.32 Å². The zero-order valence-electron chi connectivity index (χ0n) is 13.1. The fourth-order valence-electron chi connectivity index (χ4n) is 2.34. The van der Waals surface area contributed by atoms with Crippen molar-refractivity contribution in [1.29, 1.82) is 5.26 Å². The van der Waals surface area contributed by atoms with Crippen LogP contribution in [0.2, 0.25) is 10.0 Å². The highest BCUT2D eigenvalue weighted by molar-refractivity contribution is 6.32. The minimum Gasteiger partial charge on any atom is -0.311 e. The Labute approximate surface area is 154 Å². The van der Waals surface area contributed by atoms with Gasteiger partial charge in [0.2, 0.25) is 5.91 Å². The topological polar surface area (TPSA) is 70.7 Å². The molecule has 0 spiro atoms. The lowest BCUT2D eigenvalue weighted by atomic mass is 10.1. The highest BCUT2D eigenvalue weighted by Gasteiger charge is 2.15. The normalized spacial score (nSPS) is 10.3. The molecule has 1 N–H and O–H groups in total. The second-order valence-corrected chi connectivity index (χ2v) is 6.14. The Morgan fingerprint density at radius 3 is 2.48 bits per heavy atom. The van der Waals surface area contributed by atoms with E-state index < -0.39 is 0 Å². The molecule has 124 valence electrons. The van der Waals surface area contributed by atoms with Gasteiger partial charge >= 0.3 is 0 Å². The van der Waals surface area contributed by atoms with Gasteiger partial charge < -0.3 is 5.32 Å². The van der Waals surface area contributed by atoms with E-state index in [1.54, 1.807) is 36.4 Å². The number of benzene rings is 2. The van der Waals surface area contributed by atoms with E-state index in [4.69, 9.17) is 28.5 Å². The first-order chi connectivity index (χ1) is 12.0. The van der Waals surface area contributed by atoms with Crippen LogP contribution in [0.3, 0.4) is 0 Å². The van der Waals surface area contributed by atoms with Gasteiger partial charge in [-0.3, -0.25) is 4.79 Å². The summed E-state index contributed by atoms with van der Waals surface area (Å²) in [6.45, 7) is 1.42. The quantitative estimate of drug-likeness (QED) is 0.727. The molecule has 0 aliphatic carbocycles. The number of hydrogen-bond acceptors (Lipinski definition) is 3. The minimum absolute atomic E-state index is 0.228. The average Bonchev–Trinajstić information content (AvgIpc) is 2.98. The van der Waals surface area contributed by atoms with Gasteiger partial charge in [-0.2, -0.15) is 10.4 Å². The average molecular weight is 371 g/mol. The third-order valence-corrected chi connectivity index (χ3v) is 4.01. The molecule has 0 aliphatic rings. The molecule has 0 radical (unpaired) electrons. The lowest BCUT2D eigenvalue weighted by molar-refractivity contribution is -0.114. The molecule has 1 amide bonds. The number of carbonyl (C=O) groups excluding carboxylic acids is 1. The molecule has 2 aromatic carbocycles. The number of nitriles is 1. The van der Waals surface area contributed by atoms with E-state index in [-0.39, 0.29) is 5.91 Å². The third-order valence-electron chi connectivity index (χ3n) is 3.46. The van der Waals surface area contributed by atoms with Gasteiger partial charge in [-0.25, -0.2) is 4.68 Å². The Kier molecular flexibility index (Phi) is 4.75. The largest absolute Gasteiger partial charge is 0.311 e. The molecule has 1 heterocycles. The Morgan fingerprint density at radius 2 is 1.88 bits per heavy atom. The molecule has 0 saturated heterocycles. The van der Waals surface area contributed by atoms with Crippen LogP contribution in [0.4, 0.5) is 5.82 Å². The Bertz CT molecular complexity index is 987. The van der Waals surface area contributed by atoms with Crippen molar-refractivity contribution >= 4 is 34.9 Å². The molecule has 0 saturated carbocycles. The zero-order chi connectivity index (χ0) is 18.0. The van der Waals surface area contributed by atoms with Crippen LogP contribution in [0.15, 0.2) is 48.5 Å². The molecule has 3 aromatic rings. The summed E-state index contributed by atoms with van der Waals surface area (Å²) in [4.78, 5) is 11.5. The number of hydrogen-bond donors (Lipinski definition) is 1. The Morgan fingerprint density at radius 1 is 1.16 bits per heavy atom. The van der Waals surface area contributed by atoms with E-state index in [2.05, 4.69) is 10.4 Å². The molecule has 0 aliphatic heterocycles. The first-order valence-corrected chi connectivity index (χ1v) is 8.07. The molecule has 1 aromatic heterocycles. The maximum absolute atomic E-state index is 11.5. The predicted octanol–water partition coefficient (Wildman–Crippen LogP) is 4.68. The third kappa shape index (κ3) is 3.66. The summed E-state index contributed by atoms with van der Waals surface area (Å²) in [6.07, 6.45) is 0. The van der Waals surface area contributed by atoms with Crippen LogP contribution in [-0.2, 0) is 4.79 Å². The van der Waals surface area contributed by atoms with Gasteiger partial charge in [-0.1, -0.05) is 35.3 Å². The van der Waals surface area contributed by atoms with Gasteiger partial charge in [0.05, 0.1) is 28.0 Å².